The summed E-state index contributed by atoms with van der Waals surface area (Å²) >= 11 is 1.53. The second-order valence-corrected chi connectivity index (χ2v) is 5.03. The van der Waals surface area contributed by atoms with Crippen LogP contribution in [-0.4, -0.2) is 50.3 Å². The Bertz CT molecular complexity index is 678. The van der Waals surface area contributed by atoms with Gasteiger partial charge in [-0.05, 0) is 0 Å². The fourth-order valence-electron chi connectivity index (χ4n) is 1.67. The van der Waals surface area contributed by atoms with Crippen molar-refractivity contribution in [2.24, 2.45) is 0 Å². The van der Waals surface area contributed by atoms with Gasteiger partial charge >= 0.3 is 0 Å². The van der Waals surface area contributed by atoms with E-state index in [-0.39, 0.29) is 0 Å². The highest BCUT2D eigenvalue weighted by atomic mass is 32.1. The number of nitrogens with zero attached hydrogens (tertiary/aromatic N) is 5. The average molecular weight is 306 g/mol. The van der Waals surface area contributed by atoms with Gasteiger partial charge in [0.2, 0.25) is 0 Å². The highest BCUT2D eigenvalue weighted by Gasteiger charge is 2.10. The summed E-state index contributed by atoms with van der Waals surface area (Å²) in [6.45, 7) is 1.42. The maximum atomic E-state index is 5.38. The van der Waals surface area contributed by atoms with Crippen LogP contribution in [0.25, 0.3) is 22.1 Å². The highest BCUT2D eigenvalue weighted by Crippen LogP contribution is 2.26. The van der Waals surface area contributed by atoms with Gasteiger partial charge in [-0.25, -0.2) is 14.6 Å². The summed E-state index contributed by atoms with van der Waals surface area (Å²) in [6, 6.07) is 0. The number of hydrogen-bond donors (Lipinski definition) is 1. The van der Waals surface area contributed by atoms with Gasteiger partial charge in [-0.1, -0.05) is 5.21 Å². The van der Waals surface area contributed by atoms with E-state index in [0.29, 0.717) is 25.6 Å². The van der Waals surface area contributed by atoms with Crippen molar-refractivity contribution in [3.63, 3.8) is 0 Å². The Labute approximate surface area is 124 Å². The van der Waals surface area contributed by atoms with Crippen LogP contribution in [0.15, 0.2) is 24.1 Å². The average Bonchev–Trinajstić information content (AvgIpc) is 3.23. The fraction of sp³-hybridized carbons (Fsp3) is 0.333. The van der Waals surface area contributed by atoms with E-state index >= 15 is 0 Å². The summed E-state index contributed by atoms with van der Waals surface area (Å²) in [7, 11) is 1.64. The molecule has 21 heavy (non-hydrogen) atoms. The second-order valence-electron chi connectivity index (χ2n) is 4.18. The highest BCUT2D eigenvalue weighted by molar-refractivity contribution is 7.13. The number of thiazole rings is 1. The van der Waals surface area contributed by atoms with Crippen molar-refractivity contribution in [3.05, 3.63) is 24.1 Å². The molecule has 0 radical (unpaired) electrons. The Hall–Kier alpha value is -2.10. The molecule has 8 nitrogen and oxygen atoms in total. The molecular weight excluding hydrogens is 292 g/mol. The maximum absolute atomic E-state index is 5.38. The van der Waals surface area contributed by atoms with Crippen LogP contribution in [0.2, 0.25) is 0 Å². The van der Waals surface area contributed by atoms with Crippen LogP contribution in [0.5, 0.6) is 0 Å². The number of H-pyrrole nitrogens is 1. The van der Waals surface area contributed by atoms with Gasteiger partial charge in [-0.3, -0.25) is 0 Å². The summed E-state index contributed by atoms with van der Waals surface area (Å²) in [6.07, 6.45) is 5.17. The van der Waals surface area contributed by atoms with Crippen LogP contribution in [0.1, 0.15) is 0 Å². The molecule has 9 heteroatoms. The molecule has 1 N–H and O–H groups in total. The lowest BCUT2D eigenvalue weighted by atomic mass is 10.4. The molecule has 0 fully saturated rings. The van der Waals surface area contributed by atoms with Crippen molar-refractivity contribution in [1.29, 1.82) is 0 Å². The molecule has 0 amide bonds. The van der Waals surface area contributed by atoms with E-state index in [1.807, 2.05) is 5.38 Å². The first-order valence-electron chi connectivity index (χ1n) is 6.28. The zero-order valence-electron chi connectivity index (χ0n) is 11.4. The summed E-state index contributed by atoms with van der Waals surface area (Å²) in [5.74, 6) is 0. The summed E-state index contributed by atoms with van der Waals surface area (Å²) < 4.78 is 11.9. The van der Waals surface area contributed by atoms with Crippen molar-refractivity contribution in [1.82, 2.24) is 29.9 Å². The molecule has 3 aromatic rings. The van der Waals surface area contributed by atoms with Crippen LogP contribution in [0, 0.1) is 0 Å². The van der Waals surface area contributed by atoms with Crippen molar-refractivity contribution in [2.75, 3.05) is 20.3 Å². The zero-order chi connectivity index (χ0) is 14.5. The summed E-state index contributed by atoms with van der Waals surface area (Å²) in [5, 5.41) is 10.9. The van der Waals surface area contributed by atoms with Gasteiger partial charge in [0.05, 0.1) is 37.6 Å². The topological polar surface area (TPSA) is 90.7 Å². The number of aromatic amines is 1. The number of rotatable bonds is 7. The number of ether oxygens (including phenoxy) is 2. The smallest absolute Gasteiger partial charge is 0.142 e. The molecule has 110 valence electrons. The minimum atomic E-state index is 0.341. The third-order valence-electron chi connectivity index (χ3n) is 2.69. The largest absolute Gasteiger partial charge is 0.382 e. The normalized spacial score (nSPS) is 11.1. The maximum Gasteiger partial charge on any atom is 0.142 e. The molecule has 0 spiro atoms. The number of nitrogens with one attached hydrogen (secondary N) is 1. The molecule has 3 aromatic heterocycles. The fourth-order valence-corrected chi connectivity index (χ4v) is 2.45. The minimum absolute atomic E-state index is 0.341. The molecule has 0 atom stereocenters. The van der Waals surface area contributed by atoms with Gasteiger partial charge in [0, 0.05) is 12.5 Å². The van der Waals surface area contributed by atoms with Crippen LogP contribution in [-0.2, 0) is 16.2 Å². The molecule has 0 aliphatic carbocycles. The standard InChI is InChI=1S/C12H14N6O2S/c1-19-2-3-20-8-18-5-10(16-17-18)11-6-21-12(15-11)9-4-13-7-14-9/h4-7H,2-3,8H2,1H3,(H,13,14). The molecule has 0 saturated heterocycles. The molecule has 0 aliphatic rings. The van der Waals surface area contributed by atoms with Crippen molar-refractivity contribution in [3.8, 4) is 22.1 Å². The molecule has 0 aliphatic heterocycles. The Morgan fingerprint density at radius 3 is 3.10 bits per heavy atom. The van der Waals surface area contributed by atoms with E-state index in [0.717, 1.165) is 16.4 Å². The first kappa shape index (κ1) is 13.9. The van der Waals surface area contributed by atoms with E-state index in [4.69, 9.17) is 9.47 Å². The lowest BCUT2D eigenvalue weighted by Crippen LogP contribution is -2.07. The number of aromatic nitrogens is 6. The molecular formula is C12H14N6O2S. The number of hydrogen-bond acceptors (Lipinski definition) is 7. The van der Waals surface area contributed by atoms with E-state index < -0.39 is 0 Å². The number of methoxy groups -OCH3 is 1. The quantitative estimate of drug-likeness (QED) is 0.664. The first-order chi connectivity index (χ1) is 10.4. The second kappa shape index (κ2) is 6.57. The van der Waals surface area contributed by atoms with E-state index in [1.165, 1.54) is 11.3 Å². The van der Waals surface area contributed by atoms with Gasteiger partial charge in [0.15, 0.2) is 0 Å². The van der Waals surface area contributed by atoms with Crippen molar-refractivity contribution < 1.29 is 9.47 Å². The predicted molar refractivity (Wildman–Crippen MR) is 76.5 cm³/mol. The minimum Gasteiger partial charge on any atom is -0.382 e. The van der Waals surface area contributed by atoms with Crippen LogP contribution in [0.3, 0.4) is 0 Å². The lowest BCUT2D eigenvalue weighted by Gasteiger charge is -2.01. The molecule has 0 bridgehead atoms. The van der Waals surface area contributed by atoms with Gasteiger partial charge in [0.1, 0.15) is 23.1 Å². The molecule has 3 heterocycles. The summed E-state index contributed by atoms with van der Waals surface area (Å²) in [5.41, 5.74) is 2.39. The third-order valence-corrected chi connectivity index (χ3v) is 3.56. The SMILES string of the molecule is COCCOCn1cc(-c2csc(-c3cnc[nH]3)n2)nn1. The van der Waals surface area contributed by atoms with Gasteiger partial charge < -0.3 is 14.5 Å². The van der Waals surface area contributed by atoms with Crippen LogP contribution in [0.4, 0.5) is 0 Å². The van der Waals surface area contributed by atoms with Gasteiger partial charge in [-0.15, -0.1) is 16.4 Å². The van der Waals surface area contributed by atoms with Crippen LogP contribution < -0.4 is 0 Å². The Kier molecular flexibility index (Phi) is 4.34. The number of imidazole rings is 1. The summed E-state index contributed by atoms with van der Waals surface area (Å²) in [4.78, 5) is 11.5. The third kappa shape index (κ3) is 3.32. The predicted octanol–water partition coefficient (Wildman–Crippen LogP) is 1.41. The molecule has 0 aromatic carbocycles. The molecule has 3 rings (SSSR count). The lowest BCUT2D eigenvalue weighted by molar-refractivity contribution is 0.0281. The first-order valence-corrected chi connectivity index (χ1v) is 7.16. The van der Waals surface area contributed by atoms with Crippen molar-refractivity contribution >= 4 is 11.3 Å². The Morgan fingerprint density at radius 2 is 2.29 bits per heavy atom. The Balaban J connectivity index is 1.66. The monoisotopic (exact) mass is 306 g/mol. The van der Waals surface area contributed by atoms with E-state index in [1.54, 1.807) is 30.5 Å². The van der Waals surface area contributed by atoms with Gasteiger partial charge in [0.25, 0.3) is 0 Å². The molecule has 0 unspecified atom stereocenters. The van der Waals surface area contributed by atoms with Crippen LogP contribution >= 0.6 is 11.3 Å². The van der Waals surface area contributed by atoms with E-state index in [9.17, 15) is 0 Å². The van der Waals surface area contributed by atoms with Gasteiger partial charge in [-0.2, -0.15) is 0 Å². The van der Waals surface area contributed by atoms with E-state index in [2.05, 4.69) is 25.3 Å². The Morgan fingerprint density at radius 1 is 1.33 bits per heavy atom. The zero-order valence-corrected chi connectivity index (χ0v) is 12.2. The van der Waals surface area contributed by atoms with Crippen molar-refractivity contribution in [2.45, 2.75) is 6.73 Å². The molecule has 0 saturated carbocycles.